The molecule has 0 radical (unpaired) electrons. The summed E-state index contributed by atoms with van der Waals surface area (Å²) < 4.78 is 0. The second-order valence-corrected chi connectivity index (χ2v) is 5.78. The van der Waals surface area contributed by atoms with Crippen LogP contribution in [-0.4, -0.2) is 11.4 Å². The van der Waals surface area contributed by atoms with Gasteiger partial charge in [0.1, 0.15) is 0 Å². The first-order valence-electron chi connectivity index (χ1n) is 6.62. The number of hydrogen-bond acceptors (Lipinski definition) is 3. The number of nitrogens with zero attached hydrogens (tertiary/aromatic N) is 2. The Hall–Kier alpha value is -1.63. The van der Waals surface area contributed by atoms with Crippen LogP contribution in [0, 0.1) is 11.3 Å². The average Bonchev–Trinajstić information content (AvgIpc) is 3.09. The maximum Gasteiger partial charge on any atom is 0.0991 e. The Labute approximate surface area is 117 Å². The molecule has 1 aromatic heterocycles. The molecule has 1 aliphatic rings. The van der Waals surface area contributed by atoms with E-state index in [0.29, 0.717) is 6.04 Å². The second-order valence-electron chi connectivity index (χ2n) is 5.00. The van der Waals surface area contributed by atoms with Crippen molar-refractivity contribution in [1.29, 1.82) is 5.26 Å². The van der Waals surface area contributed by atoms with Crippen molar-refractivity contribution in [3.8, 4) is 6.07 Å². The predicted octanol–water partition coefficient (Wildman–Crippen LogP) is 3.96. The van der Waals surface area contributed by atoms with Crippen molar-refractivity contribution >= 4 is 11.3 Å². The van der Waals surface area contributed by atoms with Gasteiger partial charge in [0, 0.05) is 12.6 Å². The summed E-state index contributed by atoms with van der Waals surface area (Å²) in [5.74, 6) is 0. The molecule has 0 unspecified atom stereocenters. The van der Waals surface area contributed by atoms with Crippen molar-refractivity contribution < 1.29 is 0 Å². The molecule has 1 aliphatic heterocycles. The van der Waals surface area contributed by atoms with Crippen molar-refractivity contribution in [2.24, 2.45) is 0 Å². The maximum atomic E-state index is 8.96. The highest BCUT2D eigenvalue weighted by Crippen LogP contribution is 2.34. The fourth-order valence-corrected chi connectivity index (χ4v) is 3.54. The highest BCUT2D eigenvalue weighted by atomic mass is 32.1. The molecule has 1 atom stereocenters. The van der Waals surface area contributed by atoms with E-state index in [9.17, 15) is 0 Å². The lowest BCUT2D eigenvalue weighted by atomic mass is 10.1. The van der Waals surface area contributed by atoms with Gasteiger partial charge in [0.2, 0.25) is 0 Å². The van der Waals surface area contributed by atoms with Crippen molar-refractivity contribution in [1.82, 2.24) is 4.90 Å². The topological polar surface area (TPSA) is 27.0 Å². The maximum absolute atomic E-state index is 8.96. The molecule has 19 heavy (non-hydrogen) atoms. The van der Waals surface area contributed by atoms with Crippen LogP contribution in [0.4, 0.5) is 0 Å². The zero-order valence-electron chi connectivity index (χ0n) is 10.7. The average molecular weight is 268 g/mol. The standard InChI is InChI=1S/C16H16N2S/c17-10-13-3-1-4-14(9-13)11-18-7-2-5-16(18)15-6-8-19-12-15/h1,3-4,6,8-9,12,16H,2,5,7,11H2/t16-/m0/s1. The monoisotopic (exact) mass is 268 g/mol. The van der Waals surface area contributed by atoms with Crippen LogP contribution in [0.1, 0.15) is 35.6 Å². The van der Waals surface area contributed by atoms with E-state index in [1.807, 2.05) is 18.2 Å². The molecule has 0 saturated carbocycles. The summed E-state index contributed by atoms with van der Waals surface area (Å²) in [6.07, 6.45) is 2.51. The van der Waals surface area contributed by atoms with Crippen molar-refractivity contribution in [3.05, 3.63) is 57.8 Å². The number of likely N-dealkylation sites (tertiary alicyclic amines) is 1. The van der Waals surface area contributed by atoms with Crippen molar-refractivity contribution in [2.45, 2.75) is 25.4 Å². The van der Waals surface area contributed by atoms with Crippen LogP contribution in [-0.2, 0) is 6.54 Å². The quantitative estimate of drug-likeness (QED) is 0.842. The highest BCUT2D eigenvalue weighted by molar-refractivity contribution is 7.07. The highest BCUT2D eigenvalue weighted by Gasteiger charge is 2.26. The Bertz CT molecular complexity index is 583. The Morgan fingerprint density at radius 2 is 2.32 bits per heavy atom. The third-order valence-electron chi connectivity index (χ3n) is 3.73. The summed E-state index contributed by atoms with van der Waals surface area (Å²) in [6.45, 7) is 2.09. The molecule has 2 nitrogen and oxygen atoms in total. The van der Waals surface area contributed by atoms with E-state index in [1.165, 1.54) is 24.0 Å². The number of thiophene rings is 1. The molecule has 1 saturated heterocycles. The molecular formula is C16H16N2S. The first-order valence-corrected chi connectivity index (χ1v) is 7.56. The lowest BCUT2D eigenvalue weighted by Gasteiger charge is -2.24. The molecule has 1 fully saturated rings. The molecule has 0 N–H and O–H groups in total. The molecule has 0 spiro atoms. The molecule has 2 heterocycles. The molecule has 3 heteroatoms. The van der Waals surface area contributed by atoms with Gasteiger partial charge in [0.05, 0.1) is 11.6 Å². The van der Waals surface area contributed by atoms with Crippen molar-refractivity contribution in [2.75, 3.05) is 6.54 Å². The minimum Gasteiger partial charge on any atom is -0.292 e. The van der Waals surface area contributed by atoms with E-state index >= 15 is 0 Å². The second kappa shape index (κ2) is 5.56. The Morgan fingerprint density at radius 3 is 3.11 bits per heavy atom. The van der Waals surface area contributed by atoms with Gasteiger partial charge in [0.15, 0.2) is 0 Å². The van der Waals surface area contributed by atoms with Gasteiger partial charge in [-0.15, -0.1) is 0 Å². The van der Waals surface area contributed by atoms with E-state index in [-0.39, 0.29) is 0 Å². The molecule has 2 aromatic rings. The molecule has 0 amide bonds. The van der Waals surface area contributed by atoms with Gasteiger partial charge in [0.25, 0.3) is 0 Å². The van der Waals surface area contributed by atoms with Crippen LogP contribution in [0.15, 0.2) is 41.1 Å². The van der Waals surface area contributed by atoms with E-state index in [4.69, 9.17) is 5.26 Å². The summed E-state index contributed by atoms with van der Waals surface area (Å²) in [4.78, 5) is 2.53. The summed E-state index contributed by atoms with van der Waals surface area (Å²) in [5.41, 5.74) is 3.43. The SMILES string of the molecule is N#Cc1cccc(CN2CCC[C@H]2c2ccsc2)c1. The van der Waals surface area contributed by atoms with E-state index in [1.54, 1.807) is 11.3 Å². The fraction of sp³-hybridized carbons (Fsp3) is 0.312. The van der Waals surface area contributed by atoms with Crippen molar-refractivity contribution in [3.63, 3.8) is 0 Å². The van der Waals surface area contributed by atoms with Crippen LogP contribution < -0.4 is 0 Å². The van der Waals surface area contributed by atoms with Crippen LogP contribution >= 0.6 is 11.3 Å². The van der Waals surface area contributed by atoms with Gasteiger partial charge >= 0.3 is 0 Å². The molecule has 0 bridgehead atoms. The van der Waals surface area contributed by atoms with Crippen LogP contribution in [0.5, 0.6) is 0 Å². The Kier molecular flexibility index (Phi) is 3.63. The Morgan fingerprint density at radius 1 is 1.37 bits per heavy atom. The van der Waals surface area contributed by atoms with Gasteiger partial charge in [-0.2, -0.15) is 16.6 Å². The molecule has 1 aromatic carbocycles. The first kappa shape index (κ1) is 12.4. The fourth-order valence-electron chi connectivity index (χ4n) is 2.83. The van der Waals surface area contributed by atoms with Crippen LogP contribution in [0.25, 0.3) is 0 Å². The smallest absolute Gasteiger partial charge is 0.0991 e. The molecule has 3 rings (SSSR count). The normalized spacial score (nSPS) is 19.4. The number of nitriles is 1. The van der Waals surface area contributed by atoms with Gasteiger partial charge in [-0.25, -0.2) is 0 Å². The molecule has 96 valence electrons. The van der Waals surface area contributed by atoms with Gasteiger partial charge in [-0.05, 0) is 59.5 Å². The number of rotatable bonds is 3. The Balaban J connectivity index is 1.77. The molecule has 0 aliphatic carbocycles. The number of hydrogen-bond donors (Lipinski definition) is 0. The minimum absolute atomic E-state index is 0.553. The zero-order chi connectivity index (χ0) is 13.1. The lowest BCUT2D eigenvalue weighted by Crippen LogP contribution is -2.22. The van der Waals surface area contributed by atoms with E-state index in [0.717, 1.165) is 18.7 Å². The van der Waals surface area contributed by atoms with Gasteiger partial charge < -0.3 is 0 Å². The largest absolute Gasteiger partial charge is 0.292 e. The van der Waals surface area contributed by atoms with E-state index in [2.05, 4.69) is 33.9 Å². The predicted molar refractivity (Wildman–Crippen MR) is 77.9 cm³/mol. The van der Waals surface area contributed by atoms with E-state index < -0.39 is 0 Å². The lowest BCUT2D eigenvalue weighted by molar-refractivity contribution is 0.249. The summed E-state index contributed by atoms with van der Waals surface area (Å²) in [7, 11) is 0. The summed E-state index contributed by atoms with van der Waals surface area (Å²) in [6, 6.07) is 13.0. The minimum atomic E-state index is 0.553. The van der Waals surface area contributed by atoms with Crippen LogP contribution in [0.2, 0.25) is 0 Å². The van der Waals surface area contributed by atoms with Gasteiger partial charge in [-0.1, -0.05) is 12.1 Å². The third-order valence-corrected chi connectivity index (χ3v) is 4.43. The zero-order valence-corrected chi connectivity index (χ0v) is 11.6. The molecular weight excluding hydrogens is 252 g/mol. The third kappa shape index (κ3) is 2.70. The number of benzene rings is 1. The summed E-state index contributed by atoms with van der Waals surface area (Å²) >= 11 is 1.77. The van der Waals surface area contributed by atoms with Gasteiger partial charge in [-0.3, -0.25) is 4.90 Å². The summed E-state index contributed by atoms with van der Waals surface area (Å²) in [5, 5.41) is 13.4. The van der Waals surface area contributed by atoms with Crippen LogP contribution in [0.3, 0.4) is 0 Å². The first-order chi connectivity index (χ1) is 9.36.